The summed E-state index contributed by atoms with van der Waals surface area (Å²) < 4.78 is 11.1. The van der Waals surface area contributed by atoms with Gasteiger partial charge in [-0.3, -0.25) is 4.90 Å². The Bertz CT molecular complexity index is 911. The molecule has 2 fully saturated rings. The quantitative estimate of drug-likeness (QED) is 0.450. The maximum atomic E-state index is 12.4. The number of hydrogen-bond donors (Lipinski definition) is 4. The molecule has 2 saturated heterocycles. The minimum atomic E-state index is -0.859. The summed E-state index contributed by atoms with van der Waals surface area (Å²) in [5, 5.41) is 26.0. The number of nitrogens with one attached hydrogen (secondary N) is 2. The summed E-state index contributed by atoms with van der Waals surface area (Å²) in [6.45, 7) is 2.65. The molecule has 0 aliphatic carbocycles. The number of benzene rings is 1. The Morgan fingerprint density at radius 1 is 1.18 bits per heavy atom. The number of rotatable bonds is 7. The highest BCUT2D eigenvalue weighted by Gasteiger charge is 2.46. The van der Waals surface area contributed by atoms with Crippen molar-refractivity contribution in [3.8, 4) is 5.75 Å². The summed E-state index contributed by atoms with van der Waals surface area (Å²) in [7, 11) is 1.56. The van der Waals surface area contributed by atoms with E-state index >= 15 is 0 Å². The van der Waals surface area contributed by atoms with Crippen molar-refractivity contribution < 1.29 is 24.5 Å². The van der Waals surface area contributed by atoms with Gasteiger partial charge in [0.15, 0.2) is 0 Å². The number of anilines is 2. The van der Waals surface area contributed by atoms with Gasteiger partial charge in [-0.1, -0.05) is 6.07 Å². The van der Waals surface area contributed by atoms with Crippen LogP contribution in [-0.2, 0) is 4.74 Å². The summed E-state index contributed by atoms with van der Waals surface area (Å²) in [6.07, 6.45) is 1.41. The second-order valence-corrected chi connectivity index (χ2v) is 8.02. The Morgan fingerprint density at radius 2 is 1.94 bits per heavy atom. The van der Waals surface area contributed by atoms with E-state index < -0.39 is 24.3 Å². The first-order valence-electron chi connectivity index (χ1n) is 11.0. The Kier molecular flexibility index (Phi) is 7.55. The molecule has 0 spiro atoms. The zero-order valence-corrected chi connectivity index (χ0v) is 18.5. The van der Waals surface area contributed by atoms with Gasteiger partial charge in [0.05, 0.1) is 25.9 Å². The molecule has 2 aliphatic heterocycles. The molecule has 0 radical (unpaired) electrons. The first kappa shape index (κ1) is 23.2. The van der Waals surface area contributed by atoms with Crippen molar-refractivity contribution in [1.29, 1.82) is 0 Å². The molecule has 1 aromatic carbocycles. The fourth-order valence-corrected chi connectivity index (χ4v) is 4.34. The van der Waals surface area contributed by atoms with Crippen LogP contribution in [0.1, 0.15) is 0 Å². The average molecular weight is 459 g/mol. The summed E-state index contributed by atoms with van der Waals surface area (Å²) in [4.78, 5) is 25.3. The number of aliphatic hydroxyl groups excluding tert-OH is 2. The number of methoxy groups -OCH3 is 1. The van der Waals surface area contributed by atoms with Gasteiger partial charge in [0, 0.05) is 56.9 Å². The van der Waals surface area contributed by atoms with E-state index in [1.165, 1.54) is 0 Å². The monoisotopic (exact) mass is 458 g/mol. The predicted molar refractivity (Wildman–Crippen MR) is 121 cm³/mol. The molecule has 0 saturated carbocycles. The van der Waals surface area contributed by atoms with Gasteiger partial charge in [-0.15, -0.1) is 0 Å². The molecule has 33 heavy (non-hydrogen) atoms. The number of carbonyl (C=O) groups excluding carboxylic acids is 1. The van der Waals surface area contributed by atoms with E-state index in [0.29, 0.717) is 43.6 Å². The lowest BCUT2D eigenvalue weighted by atomic mass is 10.0. The smallest absolute Gasteiger partial charge is 0.319 e. The Hall–Kier alpha value is -2.99. The molecular formula is C22H30N6O5. The standard InChI is InChI=1S/C22H30N6O5/c1-32-16-5-2-4-15(12-16)26-22(31)25-13-17-19(20(30)18(14-29)33-17)27-8-10-28(11-9-27)21-23-6-3-7-24-21/h2-7,12,17-20,29-30H,8-11,13-14H2,1H3,(H2,25,26,31)/t17-,18+,19+,20-/m1/s1. The van der Waals surface area contributed by atoms with Crippen LogP contribution in [0.15, 0.2) is 42.7 Å². The van der Waals surface area contributed by atoms with Crippen LogP contribution in [0.2, 0.25) is 0 Å². The van der Waals surface area contributed by atoms with Crippen molar-refractivity contribution in [2.75, 3.05) is 56.7 Å². The maximum absolute atomic E-state index is 12.4. The minimum absolute atomic E-state index is 0.191. The third kappa shape index (κ3) is 5.50. The minimum Gasteiger partial charge on any atom is -0.497 e. The first-order chi connectivity index (χ1) is 16.1. The van der Waals surface area contributed by atoms with E-state index in [1.807, 2.05) is 0 Å². The molecule has 0 bridgehead atoms. The second kappa shape index (κ2) is 10.8. The van der Waals surface area contributed by atoms with Crippen LogP contribution in [0.25, 0.3) is 0 Å². The molecule has 2 aliphatic rings. The van der Waals surface area contributed by atoms with Gasteiger partial charge >= 0.3 is 6.03 Å². The van der Waals surface area contributed by atoms with Gasteiger partial charge < -0.3 is 35.2 Å². The average Bonchev–Trinajstić information content (AvgIpc) is 3.18. The summed E-state index contributed by atoms with van der Waals surface area (Å²) in [5.41, 5.74) is 0.600. The Morgan fingerprint density at radius 3 is 2.64 bits per heavy atom. The second-order valence-electron chi connectivity index (χ2n) is 8.02. The fourth-order valence-electron chi connectivity index (χ4n) is 4.34. The summed E-state index contributed by atoms with van der Waals surface area (Å²) in [6, 6.07) is 8.10. The van der Waals surface area contributed by atoms with Crippen molar-refractivity contribution in [3.05, 3.63) is 42.7 Å². The number of carbonyl (C=O) groups is 1. The fraction of sp³-hybridized carbons (Fsp3) is 0.500. The summed E-state index contributed by atoms with van der Waals surface area (Å²) in [5.74, 6) is 1.32. The van der Waals surface area contributed by atoms with Crippen LogP contribution in [0.4, 0.5) is 16.4 Å². The normalized spacial score (nSPS) is 25.6. The number of hydrogen-bond acceptors (Lipinski definition) is 9. The van der Waals surface area contributed by atoms with Crippen LogP contribution in [0.5, 0.6) is 5.75 Å². The molecule has 4 rings (SSSR count). The molecule has 4 N–H and O–H groups in total. The lowest BCUT2D eigenvalue weighted by Gasteiger charge is -2.40. The SMILES string of the molecule is COc1cccc(NC(=O)NC[C@H]2O[C@@H](CO)[C@@H](O)[C@H]2N2CCN(c3ncccn3)CC2)c1. The number of ether oxygens (including phenoxy) is 2. The van der Waals surface area contributed by atoms with Crippen LogP contribution in [0, 0.1) is 0 Å². The number of aromatic nitrogens is 2. The largest absolute Gasteiger partial charge is 0.497 e. The molecular weight excluding hydrogens is 428 g/mol. The molecule has 2 amide bonds. The molecule has 11 heteroatoms. The number of urea groups is 1. The highest BCUT2D eigenvalue weighted by Crippen LogP contribution is 2.27. The van der Waals surface area contributed by atoms with Gasteiger partial charge in [-0.2, -0.15) is 0 Å². The van der Waals surface area contributed by atoms with Gasteiger partial charge in [0.25, 0.3) is 0 Å². The van der Waals surface area contributed by atoms with Gasteiger partial charge in [0.2, 0.25) is 5.95 Å². The van der Waals surface area contributed by atoms with E-state index in [-0.39, 0.29) is 19.2 Å². The summed E-state index contributed by atoms with van der Waals surface area (Å²) >= 11 is 0. The van der Waals surface area contributed by atoms with Crippen LogP contribution >= 0.6 is 0 Å². The van der Waals surface area contributed by atoms with Crippen molar-refractivity contribution >= 4 is 17.7 Å². The van der Waals surface area contributed by atoms with Crippen LogP contribution < -0.4 is 20.3 Å². The molecule has 4 atom stereocenters. The van der Waals surface area contributed by atoms with E-state index in [0.717, 1.165) is 0 Å². The Balaban J connectivity index is 1.35. The van der Waals surface area contributed by atoms with Crippen molar-refractivity contribution in [3.63, 3.8) is 0 Å². The maximum Gasteiger partial charge on any atom is 0.319 e. The number of aliphatic hydroxyl groups is 2. The van der Waals surface area contributed by atoms with E-state index in [9.17, 15) is 15.0 Å². The zero-order valence-electron chi connectivity index (χ0n) is 18.5. The predicted octanol–water partition coefficient (Wildman–Crippen LogP) is -0.0819. The topological polar surface area (TPSA) is 132 Å². The molecule has 3 heterocycles. The first-order valence-corrected chi connectivity index (χ1v) is 11.0. The van der Waals surface area contributed by atoms with E-state index in [4.69, 9.17) is 9.47 Å². The van der Waals surface area contributed by atoms with E-state index in [1.54, 1.807) is 49.8 Å². The number of piperazine rings is 1. The lowest BCUT2D eigenvalue weighted by molar-refractivity contribution is -0.0205. The zero-order chi connectivity index (χ0) is 23.2. The van der Waals surface area contributed by atoms with Gasteiger partial charge in [-0.25, -0.2) is 14.8 Å². The number of amides is 2. The molecule has 1 aromatic heterocycles. The third-order valence-electron chi connectivity index (χ3n) is 6.00. The van der Waals surface area contributed by atoms with Crippen LogP contribution in [-0.4, -0.2) is 102 Å². The van der Waals surface area contributed by atoms with Gasteiger partial charge in [-0.05, 0) is 18.2 Å². The highest BCUT2D eigenvalue weighted by molar-refractivity contribution is 5.89. The van der Waals surface area contributed by atoms with Crippen molar-refractivity contribution in [2.24, 2.45) is 0 Å². The van der Waals surface area contributed by atoms with Crippen molar-refractivity contribution in [2.45, 2.75) is 24.4 Å². The highest BCUT2D eigenvalue weighted by atomic mass is 16.5. The number of nitrogens with zero attached hydrogens (tertiary/aromatic N) is 4. The van der Waals surface area contributed by atoms with E-state index in [2.05, 4.69) is 30.4 Å². The van der Waals surface area contributed by atoms with Crippen molar-refractivity contribution in [1.82, 2.24) is 20.2 Å². The molecule has 178 valence electrons. The molecule has 2 aromatic rings. The molecule has 11 nitrogen and oxygen atoms in total. The van der Waals surface area contributed by atoms with Crippen LogP contribution in [0.3, 0.4) is 0 Å². The third-order valence-corrected chi connectivity index (χ3v) is 6.00. The Labute approximate surface area is 192 Å². The molecule has 0 unspecified atom stereocenters. The lowest BCUT2D eigenvalue weighted by Crippen LogP contribution is -2.57. The van der Waals surface area contributed by atoms with Gasteiger partial charge in [0.1, 0.15) is 18.0 Å².